The van der Waals surface area contributed by atoms with Crippen LogP contribution in [0.2, 0.25) is 0 Å². The van der Waals surface area contributed by atoms with Crippen molar-refractivity contribution in [3.8, 4) is 0 Å². The number of halogens is 1. The van der Waals surface area contributed by atoms with Gasteiger partial charge in [0.15, 0.2) is 0 Å². The number of likely N-dealkylation sites (tertiary alicyclic amines) is 1. The first-order chi connectivity index (χ1) is 13.0. The van der Waals surface area contributed by atoms with Gasteiger partial charge in [-0.3, -0.25) is 0 Å². The summed E-state index contributed by atoms with van der Waals surface area (Å²) in [6.07, 6.45) is 1.70. The predicted molar refractivity (Wildman–Crippen MR) is 104 cm³/mol. The summed E-state index contributed by atoms with van der Waals surface area (Å²) in [5, 5.41) is 2.98. The molecule has 6 heteroatoms. The minimum atomic E-state index is -0.269. The van der Waals surface area contributed by atoms with E-state index in [0.29, 0.717) is 18.6 Å². The molecule has 4 rings (SSSR count). The molecule has 27 heavy (non-hydrogen) atoms. The summed E-state index contributed by atoms with van der Waals surface area (Å²) in [5.74, 6) is 0.619. The zero-order chi connectivity index (χ0) is 19.0. The largest absolute Gasteiger partial charge is 0.325 e. The molecule has 140 valence electrons. The van der Waals surface area contributed by atoms with Crippen molar-refractivity contribution in [3.63, 3.8) is 0 Å². The van der Waals surface area contributed by atoms with Gasteiger partial charge in [-0.1, -0.05) is 12.1 Å². The van der Waals surface area contributed by atoms with Crippen LogP contribution in [0.4, 0.5) is 14.9 Å². The molecule has 0 atom stereocenters. The molecule has 0 aliphatic carbocycles. The molecule has 1 aromatic heterocycles. The van der Waals surface area contributed by atoms with E-state index >= 15 is 0 Å². The minimum Gasteiger partial charge on any atom is -0.325 e. The molecular weight excluding hydrogens is 343 g/mol. The lowest BCUT2D eigenvalue weighted by atomic mass is 10.0. The highest BCUT2D eigenvalue weighted by molar-refractivity contribution is 5.89. The normalized spacial score (nSPS) is 15.3. The van der Waals surface area contributed by atoms with Crippen LogP contribution in [0.5, 0.6) is 0 Å². The van der Waals surface area contributed by atoms with Crippen LogP contribution < -0.4 is 5.32 Å². The fourth-order valence-corrected chi connectivity index (χ4v) is 3.91. The number of rotatable bonds is 2. The van der Waals surface area contributed by atoms with E-state index in [1.165, 1.54) is 12.1 Å². The van der Waals surface area contributed by atoms with Gasteiger partial charge < -0.3 is 14.8 Å². The molecule has 0 radical (unpaired) electrons. The van der Waals surface area contributed by atoms with Crippen LogP contribution in [0.1, 0.15) is 30.3 Å². The van der Waals surface area contributed by atoms with Crippen LogP contribution in [0.25, 0.3) is 11.0 Å². The van der Waals surface area contributed by atoms with Crippen molar-refractivity contribution in [3.05, 3.63) is 59.7 Å². The molecular formula is C21H23FN4O. The lowest BCUT2D eigenvalue weighted by Gasteiger charge is -2.33. The van der Waals surface area contributed by atoms with Gasteiger partial charge in [-0.25, -0.2) is 14.2 Å². The molecule has 3 aromatic rings. The highest BCUT2D eigenvalue weighted by Gasteiger charge is 2.26. The second kappa shape index (κ2) is 7.02. The number of nitrogens with zero attached hydrogens (tertiary/aromatic N) is 3. The number of carbonyl (C=O) groups is 1. The quantitative estimate of drug-likeness (QED) is 0.717. The Morgan fingerprint density at radius 2 is 1.93 bits per heavy atom. The van der Waals surface area contributed by atoms with Crippen LogP contribution in [0, 0.1) is 19.7 Å². The third-order valence-electron chi connectivity index (χ3n) is 5.21. The lowest BCUT2D eigenvalue weighted by molar-refractivity contribution is 0.184. The average Bonchev–Trinajstić information content (AvgIpc) is 2.96. The van der Waals surface area contributed by atoms with E-state index in [2.05, 4.69) is 14.9 Å². The van der Waals surface area contributed by atoms with Gasteiger partial charge in [0.2, 0.25) is 0 Å². The SMILES string of the molecule is Cc1cccc(NC(=O)N2CCC(n3c(C)nc4cc(F)ccc43)CC2)c1. The Labute approximate surface area is 157 Å². The summed E-state index contributed by atoms with van der Waals surface area (Å²) in [6, 6.07) is 12.8. The van der Waals surface area contributed by atoms with Crippen molar-refractivity contribution in [2.45, 2.75) is 32.7 Å². The van der Waals surface area contributed by atoms with Gasteiger partial charge in [-0.15, -0.1) is 0 Å². The zero-order valence-electron chi connectivity index (χ0n) is 15.6. The number of anilines is 1. The van der Waals surface area contributed by atoms with Gasteiger partial charge in [0.05, 0.1) is 11.0 Å². The number of carbonyl (C=O) groups excluding carboxylic acids is 1. The number of aryl methyl sites for hydroxylation is 2. The molecule has 0 bridgehead atoms. The Morgan fingerprint density at radius 1 is 1.15 bits per heavy atom. The van der Waals surface area contributed by atoms with E-state index in [-0.39, 0.29) is 17.9 Å². The molecule has 2 amide bonds. The highest BCUT2D eigenvalue weighted by atomic mass is 19.1. The number of amides is 2. The monoisotopic (exact) mass is 366 g/mol. The van der Waals surface area contributed by atoms with Crippen LogP contribution in [-0.2, 0) is 0 Å². The number of aromatic nitrogens is 2. The number of fused-ring (bicyclic) bond motifs is 1. The molecule has 2 aromatic carbocycles. The fourth-order valence-electron chi connectivity index (χ4n) is 3.91. The topological polar surface area (TPSA) is 50.2 Å². The van der Waals surface area contributed by atoms with E-state index in [1.54, 1.807) is 6.07 Å². The Kier molecular flexibility index (Phi) is 4.56. The molecule has 0 unspecified atom stereocenters. The molecule has 1 aliphatic heterocycles. The van der Waals surface area contributed by atoms with E-state index < -0.39 is 0 Å². The third-order valence-corrected chi connectivity index (χ3v) is 5.21. The van der Waals surface area contributed by atoms with E-state index in [4.69, 9.17) is 0 Å². The van der Waals surface area contributed by atoms with Crippen molar-refractivity contribution < 1.29 is 9.18 Å². The maximum Gasteiger partial charge on any atom is 0.321 e. The Bertz CT molecular complexity index is 989. The first kappa shape index (κ1) is 17.5. The summed E-state index contributed by atoms with van der Waals surface area (Å²) in [4.78, 5) is 18.9. The first-order valence-electron chi connectivity index (χ1n) is 9.28. The Balaban J connectivity index is 1.45. The van der Waals surface area contributed by atoms with Gasteiger partial charge in [0.1, 0.15) is 11.6 Å². The number of piperidine rings is 1. The van der Waals surface area contributed by atoms with Gasteiger partial charge >= 0.3 is 6.03 Å². The van der Waals surface area contributed by atoms with Gasteiger partial charge in [-0.2, -0.15) is 0 Å². The second-order valence-corrected chi connectivity index (χ2v) is 7.18. The maximum atomic E-state index is 13.5. The summed E-state index contributed by atoms with van der Waals surface area (Å²) < 4.78 is 15.6. The summed E-state index contributed by atoms with van der Waals surface area (Å²) in [5.41, 5.74) is 3.58. The number of hydrogen-bond acceptors (Lipinski definition) is 2. The molecule has 2 heterocycles. The third kappa shape index (κ3) is 3.52. The van der Waals surface area contributed by atoms with Crippen LogP contribution in [0.3, 0.4) is 0 Å². The lowest BCUT2D eigenvalue weighted by Crippen LogP contribution is -2.41. The molecule has 1 saturated heterocycles. The minimum absolute atomic E-state index is 0.0617. The Morgan fingerprint density at radius 3 is 2.67 bits per heavy atom. The molecule has 1 fully saturated rings. The van der Waals surface area contributed by atoms with Crippen LogP contribution in [0.15, 0.2) is 42.5 Å². The summed E-state index contributed by atoms with van der Waals surface area (Å²) in [7, 11) is 0. The number of imidazole rings is 1. The van der Waals surface area contributed by atoms with E-state index in [9.17, 15) is 9.18 Å². The summed E-state index contributed by atoms with van der Waals surface area (Å²) >= 11 is 0. The highest BCUT2D eigenvalue weighted by Crippen LogP contribution is 2.29. The molecule has 0 saturated carbocycles. The van der Waals surface area contributed by atoms with E-state index in [1.807, 2.05) is 43.0 Å². The number of hydrogen-bond donors (Lipinski definition) is 1. The molecule has 1 aliphatic rings. The standard InChI is InChI=1S/C21H23FN4O/c1-14-4-3-5-17(12-14)24-21(27)25-10-8-18(9-11-25)26-15(2)23-19-13-16(22)6-7-20(19)26/h3-7,12-13,18H,8-11H2,1-2H3,(H,24,27). The van der Waals surface area contributed by atoms with Crippen LogP contribution >= 0.6 is 0 Å². The van der Waals surface area contributed by atoms with Gasteiger partial charge in [0.25, 0.3) is 0 Å². The van der Waals surface area contributed by atoms with Crippen molar-refractivity contribution in [1.29, 1.82) is 0 Å². The van der Waals surface area contributed by atoms with Gasteiger partial charge in [0, 0.05) is 30.9 Å². The van der Waals surface area contributed by atoms with Crippen molar-refractivity contribution in [2.75, 3.05) is 18.4 Å². The molecule has 1 N–H and O–H groups in total. The average molecular weight is 366 g/mol. The zero-order valence-corrected chi connectivity index (χ0v) is 15.6. The van der Waals surface area contributed by atoms with Crippen molar-refractivity contribution in [2.24, 2.45) is 0 Å². The van der Waals surface area contributed by atoms with Gasteiger partial charge in [-0.05, 0) is 56.5 Å². The summed E-state index contributed by atoms with van der Waals surface area (Å²) in [6.45, 7) is 5.32. The van der Waals surface area contributed by atoms with E-state index in [0.717, 1.165) is 35.4 Å². The van der Waals surface area contributed by atoms with Crippen LogP contribution in [-0.4, -0.2) is 33.6 Å². The number of nitrogens with one attached hydrogen (secondary N) is 1. The second-order valence-electron chi connectivity index (χ2n) is 7.18. The van der Waals surface area contributed by atoms with Crippen molar-refractivity contribution in [1.82, 2.24) is 14.5 Å². The van der Waals surface area contributed by atoms with Crippen molar-refractivity contribution >= 4 is 22.8 Å². The fraction of sp³-hybridized carbons (Fsp3) is 0.333. The molecule has 5 nitrogen and oxygen atoms in total. The number of benzene rings is 2. The molecule has 0 spiro atoms. The number of urea groups is 1. The smallest absolute Gasteiger partial charge is 0.321 e. The predicted octanol–water partition coefficient (Wildman–Crippen LogP) is 4.66. The maximum absolute atomic E-state index is 13.5. The first-order valence-corrected chi connectivity index (χ1v) is 9.28. The Hall–Kier alpha value is -2.89.